The zero-order chi connectivity index (χ0) is 16.8. The highest BCUT2D eigenvalue weighted by molar-refractivity contribution is 9.10. The van der Waals surface area contributed by atoms with E-state index in [4.69, 9.17) is 0 Å². The minimum Gasteiger partial charge on any atom is -0.267 e. The van der Waals surface area contributed by atoms with Gasteiger partial charge in [-0.2, -0.15) is 5.10 Å². The Bertz CT molecular complexity index is 858. The second-order valence-corrected chi connectivity index (χ2v) is 6.02. The average Bonchev–Trinajstić information content (AvgIpc) is 2.63. The van der Waals surface area contributed by atoms with Gasteiger partial charge in [-0.15, -0.1) is 0 Å². The summed E-state index contributed by atoms with van der Waals surface area (Å²) in [6.07, 6.45) is 1.63. The highest BCUT2D eigenvalue weighted by Gasteiger charge is 2.07. The van der Waals surface area contributed by atoms with Gasteiger partial charge in [0.15, 0.2) is 0 Å². The predicted molar refractivity (Wildman–Crippen MR) is 101 cm³/mol. The van der Waals surface area contributed by atoms with Crippen molar-refractivity contribution < 1.29 is 4.79 Å². The molecule has 0 fully saturated rings. The van der Waals surface area contributed by atoms with Gasteiger partial charge in [0, 0.05) is 4.47 Å². The summed E-state index contributed by atoms with van der Waals surface area (Å²) in [6, 6.07) is 25.4. The van der Waals surface area contributed by atoms with Gasteiger partial charge in [0.25, 0.3) is 5.91 Å². The van der Waals surface area contributed by atoms with E-state index < -0.39 is 0 Å². The van der Waals surface area contributed by atoms with Crippen LogP contribution in [-0.4, -0.2) is 12.1 Å². The van der Waals surface area contributed by atoms with Crippen LogP contribution in [0.5, 0.6) is 0 Å². The van der Waals surface area contributed by atoms with E-state index in [0.717, 1.165) is 15.6 Å². The highest BCUT2D eigenvalue weighted by Crippen LogP contribution is 2.18. The number of nitrogens with zero attached hydrogens (tertiary/aromatic N) is 1. The molecule has 1 amide bonds. The molecule has 3 nitrogen and oxygen atoms in total. The Morgan fingerprint density at radius 2 is 1.46 bits per heavy atom. The van der Waals surface area contributed by atoms with Gasteiger partial charge in [-0.3, -0.25) is 4.79 Å². The van der Waals surface area contributed by atoms with E-state index in [1.807, 2.05) is 60.7 Å². The summed E-state index contributed by atoms with van der Waals surface area (Å²) < 4.78 is 0.741. The van der Waals surface area contributed by atoms with Crippen LogP contribution in [0.2, 0.25) is 0 Å². The maximum absolute atomic E-state index is 12.0. The SMILES string of the molecule is O=C(N/N=C/c1ccc(-c2ccccc2)cc1)c1ccccc1Br. The zero-order valence-electron chi connectivity index (χ0n) is 12.8. The summed E-state index contributed by atoms with van der Waals surface area (Å²) >= 11 is 3.35. The molecule has 0 heterocycles. The minimum absolute atomic E-state index is 0.250. The molecule has 0 spiro atoms. The maximum atomic E-state index is 12.0. The summed E-state index contributed by atoms with van der Waals surface area (Å²) in [5.74, 6) is -0.250. The highest BCUT2D eigenvalue weighted by atomic mass is 79.9. The van der Waals surface area contributed by atoms with E-state index in [-0.39, 0.29) is 5.91 Å². The van der Waals surface area contributed by atoms with Crippen molar-refractivity contribution in [3.63, 3.8) is 0 Å². The Morgan fingerprint density at radius 1 is 0.833 bits per heavy atom. The smallest absolute Gasteiger partial charge is 0.267 e. The summed E-state index contributed by atoms with van der Waals surface area (Å²) in [5, 5.41) is 4.02. The molecule has 0 atom stereocenters. The molecular weight excluding hydrogens is 364 g/mol. The standard InChI is InChI=1S/C20H15BrN2O/c21-19-9-5-4-8-18(19)20(24)23-22-14-15-10-12-17(13-11-15)16-6-2-1-3-7-16/h1-14H,(H,23,24)/b22-14+. The molecule has 0 radical (unpaired) electrons. The Kier molecular flexibility index (Phi) is 5.18. The third-order valence-corrected chi connectivity index (χ3v) is 4.21. The third kappa shape index (κ3) is 3.97. The van der Waals surface area contributed by atoms with E-state index in [9.17, 15) is 4.79 Å². The van der Waals surface area contributed by atoms with Crippen LogP contribution in [0.3, 0.4) is 0 Å². The van der Waals surface area contributed by atoms with Crippen LogP contribution in [0.1, 0.15) is 15.9 Å². The van der Waals surface area contributed by atoms with E-state index in [0.29, 0.717) is 5.56 Å². The van der Waals surface area contributed by atoms with Crippen molar-refractivity contribution in [2.45, 2.75) is 0 Å². The zero-order valence-corrected chi connectivity index (χ0v) is 14.4. The lowest BCUT2D eigenvalue weighted by Gasteiger charge is -2.03. The predicted octanol–water partition coefficient (Wildman–Crippen LogP) is 4.88. The van der Waals surface area contributed by atoms with Gasteiger partial charge in [-0.1, -0.05) is 66.7 Å². The van der Waals surface area contributed by atoms with Crippen molar-refractivity contribution in [2.75, 3.05) is 0 Å². The summed E-state index contributed by atoms with van der Waals surface area (Å²) in [5.41, 5.74) is 6.32. The Hall–Kier alpha value is -2.72. The van der Waals surface area contributed by atoms with E-state index in [2.05, 4.69) is 38.6 Å². The molecule has 0 unspecified atom stereocenters. The third-order valence-electron chi connectivity index (χ3n) is 3.52. The molecule has 0 saturated heterocycles. The molecule has 1 N–H and O–H groups in total. The molecule has 0 aromatic heterocycles. The number of carbonyl (C=O) groups excluding carboxylic acids is 1. The van der Waals surface area contributed by atoms with Crippen LogP contribution >= 0.6 is 15.9 Å². The lowest BCUT2D eigenvalue weighted by molar-refractivity contribution is 0.0954. The number of benzene rings is 3. The second kappa shape index (κ2) is 7.70. The quantitative estimate of drug-likeness (QED) is 0.510. The molecule has 24 heavy (non-hydrogen) atoms. The van der Waals surface area contributed by atoms with Crippen LogP contribution in [0.25, 0.3) is 11.1 Å². The fraction of sp³-hybridized carbons (Fsp3) is 0. The molecule has 3 aromatic carbocycles. The van der Waals surface area contributed by atoms with Crippen LogP contribution in [-0.2, 0) is 0 Å². The minimum atomic E-state index is -0.250. The molecule has 0 saturated carbocycles. The lowest BCUT2D eigenvalue weighted by Crippen LogP contribution is -2.18. The fourth-order valence-corrected chi connectivity index (χ4v) is 2.73. The molecule has 0 aliphatic heterocycles. The first-order valence-electron chi connectivity index (χ1n) is 7.47. The first-order chi connectivity index (χ1) is 11.7. The van der Waals surface area contributed by atoms with Gasteiger partial charge in [-0.25, -0.2) is 5.43 Å². The second-order valence-electron chi connectivity index (χ2n) is 5.17. The summed E-state index contributed by atoms with van der Waals surface area (Å²) in [4.78, 5) is 12.0. The van der Waals surface area contributed by atoms with Crippen molar-refractivity contribution >= 4 is 28.1 Å². The van der Waals surface area contributed by atoms with Crippen molar-refractivity contribution in [1.82, 2.24) is 5.43 Å². The number of hydrogen-bond acceptors (Lipinski definition) is 2. The molecule has 3 rings (SSSR count). The van der Waals surface area contributed by atoms with Gasteiger partial charge < -0.3 is 0 Å². The largest absolute Gasteiger partial charge is 0.272 e. The summed E-state index contributed by atoms with van der Waals surface area (Å²) in [6.45, 7) is 0. The monoisotopic (exact) mass is 378 g/mol. The van der Waals surface area contributed by atoms with Gasteiger partial charge in [0.05, 0.1) is 11.8 Å². The first-order valence-corrected chi connectivity index (χ1v) is 8.27. The number of rotatable bonds is 4. The van der Waals surface area contributed by atoms with Crippen LogP contribution in [0.15, 0.2) is 88.4 Å². The van der Waals surface area contributed by atoms with Crippen LogP contribution < -0.4 is 5.43 Å². The first kappa shape index (κ1) is 16.1. The normalized spacial score (nSPS) is 10.7. The number of amides is 1. The van der Waals surface area contributed by atoms with Crippen LogP contribution in [0.4, 0.5) is 0 Å². The van der Waals surface area contributed by atoms with E-state index >= 15 is 0 Å². The number of nitrogens with one attached hydrogen (secondary N) is 1. The molecule has 0 aliphatic carbocycles. The van der Waals surface area contributed by atoms with Gasteiger partial charge in [-0.05, 0) is 44.8 Å². The maximum Gasteiger partial charge on any atom is 0.272 e. The molecular formula is C20H15BrN2O. The number of carbonyl (C=O) groups is 1. The van der Waals surface area contributed by atoms with E-state index in [1.165, 1.54) is 5.56 Å². The van der Waals surface area contributed by atoms with Gasteiger partial charge >= 0.3 is 0 Å². The van der Waals surface area contributed by atoms with Crippen molar-refractivity contribution in [2.24, 2.45) is 5.10 Å². The van der Waals surface area contributed by atoms with Crippen molar-refractivity contribution in [3.05, 3.63) is 94.5 Å². The molecule has 118 valence electrons. The Labute approximate surface area is 149 Å². The lowest BCUT2D eigenvalue weighted by atomic mass is 10.0. The molecule has 0 bridgehead atoms. The van der Waals surface area contributed by atoms with Crippen LogP contribution in [0, 0.1) is 0 Å². The number of halogens is 1. The summed E-state index contributed by atoms with van der Waals surface area (Å²) in [7, 11) is 0. The Balaban J connectivity index is 1.65. The Morgan fingerprint density at radius 3 is 2.17 bits per heavy atom. The number of hydrazone groups is 1. The van der Waals surface area contributed by atoms with E-state index in [1.54, 1.807) is 12.3 Å². The topological polar surface area (TPSA) is 41.5 Å². The fourth-order valence-electron chi connectivity index (χ4n) is 2.26. The molecule has 4 heteroatoms. The average molecular weight is 379 g/mol. The van der Waals surface area contributed by atoms with Crippen molar-refractivity contribution in [3.8, 4) is 11.1 Å². The molecule has 3 aromatic rings. The van der Waals surface area contributed by atoms with Gasteiger partial charge in [0.2, 0.25) is 0 Å². The number of hydrogen-bond donors (Lipinski definition) is 1. The van der Waals surface area contributed by atoms with Crippen molar-refractivity contribution in [1.29, 1.82) is 0 Å². The molecule has 0 aliphatic rings. The van der Waals surface area contributed by atoms with Gasteiger partial charge in [0.1, 0.15) is 0 Å².